The Morgan fingerprint density at radius 3 is 2.00 bits per heavy atom. The number of benzene rings is 2. The van der Waals surface area contributed by atoms with Gasteiger partial charge in [-0.2, -0.15) is 0 Å². The van der Waals surface area contributed by atoms with E-state index in [1.807, 2.05) is 48.5 Å². The molecule has 0 N–H and O–H groups in total. The Bertz CT molecular complexity index is 662. The third-order valence-electron chi connectivity index (χ3n) is 4.30. The maximum atomic E-state index is 12.0. The van der Waals surface area contributed by atoms with Gasteiger partial charge < -0.3 is 14.2 Å². The molecule has 0 fully saturated rings. The zero-order valence-corrected chi connectivity index (χ0v) is 16.4. The van der Waals surface area contributed by atoms with Gasteiger partial charge in [0, 0.05) is 13.7 Å². The summed E-state index contributed by atoms with van der Waals surface area (Å²) in [5, 5.41) is 0. The molecule has 0 amide bonds. The van der Waals surface area contributed by atoms with E-state index in [0.717, 1.165) is 42.7 Å². The summed E-state index contributed by atoms with van der Waals surface area (Å²) in [5.41, 5.74) is 2.72. The molecule has 0 spiro atoms. The van der Waals surface area contributed by atoms with E-state index >= 15 is 0 Å². The highest BCUT2D eigenvalue weighted by Crippen LogP contribution is 2.23. The zero-order chi connectivity index (χ0) is 19.3. The van der Waals surface area contributed by atoms with Crippen LogP contribution >= 0.6 is 0 Å². The van der Waals surface area contributed by atoms with Crippen molar-refractivity contribution >= 4 is 5.97 Å². The van der Waals surface area contributed by atoms with Crippen LogP contribution in [0, 0.1) is 0 Å². The Balaban J connectivity index is 1.84. The SMILES string of the molecule is CCCCCOc1ccc(-c2ccc(C(=O)OCCCCOC)cc2)cc1. The van der Waals surface area contributed by atoms with Gasteiger partial charge >= 0.3 is 5.97 Å². The van der Waals surface area contributed by atoms with Crippen molar-refractivity contribution in [3.63, 3.8) is 0 Å². The maximum absolute atomic E-state index is 12.0. The predicted octanol–water partition coefficient (Wildman–Crippen LogP) is 5.51. The summed E-state index contributed by atoms with van der Waals surface area (Å²) in [4.78, 5) is 12.0. The van der Waals surface area contributed by atoms with Crippen LogP contribution in [0.25, 0.3) is 11.1 Å². The van der Waals surface area contributed by atoms with Gasteiger partial charge in [-0.1, -0.05) is 44.0 Å². The third kappa shape index (κ3) is 7.43. The third-order valence-corrected chi connectivity index (χ3v) is 4.30. The molecule has 4 heteroatoms. The number of methoxy groups -OCH3 is 1. The number of esters is 1. The van der Waals surface area contributed by atoms with Crippen molar-refractivity contribution < 1.29 is 19.0 Å². The summed E-state index contributed by atoms with van der Waals surface area (Å²) in [6.07, 6.45) is 5.17. The molecule has 0 aliphatic heterocycles. The molecule has 0 saturated heterocycles. The van der Waals surface area contributed by atoms with E-state index in [4.69, 9.17) is 14.2 Å². The molecule has 2 aromatic rings. The Morgan fingerprint density at radius 2 is 1.37 bits per heavy atom. The van der Waals surface area contributed by atoms with Gasteiger partial charge in [-0.3, -0.25) is 0 Å². The molecule has 0 bridgehead atoms. The van der Waals surface area contributed by atoms with E-state index in [-0.39, 0.29) is 5.97 Å². The molecule has 27 heavy (non-hydrogen) atoms. The number of hydrogen-bond acceptors (Lipinski definition) is 4. The molecular weight excluding hydrogens is 340 g/mol. The standard InChI is InChI=1S/C23H30O4/c1-3-4-5-17-26-22-14-12-20(13-15-22)19-8-10-21(11-9-19)23(24)27-18-7-6-16-25-2/h8-15H,3-7,16-18H2,1-2H3. The van der Waals surface area contributed by atoms with Gasteiger partial charge in [0.15, 0.2) is 0 Å². The Morgan fingerprint density at radius 1 is 0.778 bits per heavy atom. The van der Waals surface area contributed by atoms with Crippen LogP contribution in [-0.2, 0) is 9.47 Å². The van der Waals surface area contributed by atoms with E-state index < -0.39 is 0 Å². The molecule has 146 valence electrons. The number of carbonyl (C=O) groups is 1. The van der Waals surface area contributed by atoms with Crippen molar-refractivity contribution in [2.24, 2.45) is 0 Å². The van der Waals surface area contributed by atoms with Gasteiger partial charge in [0.2, 0.25) is 0 Å². The Hall–Kier alpha value is -2.33. The smallest absolute Gasteiger partial charge is 0.338 e. The molecule has 2 rings (SSSR count). The molecule has 0 radical (unpaired) electrons. The second-order valence-corrected chi connectivity index (χ2v) is 6.49. The van der Waals surface area contributed by atoms with Crippen molar-refractivity contribution in [2.45, 2.75) is 39.0 Å². The van der Waals surface area contributed by atoms with Crippen LogP contribution in [0.15, 0.2) is 48.5 Å². The van der Waals surface area contributed by atoms with Crippen molar-refractivity contribution in [3.05, 3.63) is 54.1 Å². The predicted molar refractivity (Wildman–Crippen MR) is 108 cm³/mol. The van der Waals surface area contributed by atoms with Crippen LogP contribution in [0.4, 0.5) is 0 Å². The molecular formula is C23H30O4. The highest BCUT2D eigenvalue weighted by molar-refractivity contribution is 5.90. The van der Waals surface area contributed by atoms with Crippen molar-refractivity contribution in [3.8, 4) is 16.9 Å². The molecule has 4 nitrogen and oxygen atoms in total. The van der Waals surface area contributed by atoms with Crippen LogP contribution in [0.3, 0.4) is 0 Å². The lowest BCUT2D eigenvalue weighted by atomic mass is 10.0. The normalized spacial score (nSPS) is 10.6. The molecule has 0 aliphatic rings. The van der Waals surface area contributed by atoms with Crippen molar-refractivity contribution in [1.82, 2.24) is 0 Å². The first-order chi connectivity index (χ1) is 13.2. The van der Waals surface area contributed by atoms with E-state index in [9.17, 15) is 4.79 Å². The van der Waals surface area contributed by atoms with Crippen molar-refractivity contribution in [1.29, 1.82) is 0 Å². The van der Waals surface area contributed by atoms with Crippen LogP contribution in [0.5, 0.6) is 5.75 Å². The number of ether oxygens (including phenoxy) is 3. The Kier molecular flexibility index (Phi) is 9.42. The van der Waals surface area contributed by atoms with Gasteiger partial charge in [-0.05, 0) is 54.7 Å². The van der Waals surface area contributed by atoms with Crippen LogP contribution in [0.2, 0.25) is 0 Å². The average molecular weight is 370 g/mol. The summed E-state index contributed by atoms with van der Waals surface area (Å²) in [6.45, 7) is 4.05. The molecule has 0 heterocycles. The lowest BCUT2D eigenvalue weighted by molar-refractivity contribution is 0.0489. The first-order valence-electron chi connectivity index (χ1n) is 9.74. The summed E-state index contributed by atoms with van der Waals surface area (Å²) >= 11 is 0. The number of hydrogen-bond donors (Lipinski definition) is 0. The fraction of sp³-hybridized carbons (Fsp3) is 0.435. The fourth-order valence-electron chi connectivity index (χ4n) is 2.68. The lowest BCUT2D eigenvalue weighted by Crippen LogP contribution is -2.07. The monoisotopic (exact) mass is 370 g/mol. The van der Waals surface area contributed by atoms with Crippen LogP contribution < -0.4 is 4.74 Å². The highest BCUT2D eigenvalue weighted by atomic mass is 16.5. The maximum Gasteiger partial charge on any atom is 0.338 e. The molecule has 0 saturated carbocycles. The van der Waals surface area contributed by atoms with Gasteiger partial charge in [0.05, 0.1) is 18.8 Å². The number of rotatable bonds is 12. The van der Waals surface area contributed by atoms with Gasteiger partial charge in [-0.25, -0.2) is 4.79 Å². The summed E-state index contributed by atoms with van der Waals surface area (Å²) in [5.74, 6) is 0.610. The second-order valence-electron chi connectivity index (χ2n) is 6.49. The largest absolute Gasteiger partial charge is 0.494 e. The van der Waals surface area contributed by atoms with Crippen molar-refractivity contribution in [2.75, 3.05) is 26.9 Å². The minimum Gasteiger partial charge on any atom is -0.494 e. The molecule has 2 aromatic carbocycles. The van der Waals surface area contributed by atoms with E-state index in [2.05, 4.69) is 6.92 Å². The molecule has 0 unspecified atom stereocenters. The van der Waals surface area contributed by atoms with Gasteiger partial charge in [-0.15, -0.1) is 0 Å². The molecule has 0 atom stereocenters. The topological polar surface area (TPSA) is 44.8 Å². The minimum absolute atomic E-state index is 0.283. The van der Waals surface area contributed by atoms with Gasteiger partial charge in [0.1, 0.15) is 5.75 Å². The summed E-state index contributed by atoms with van der Waals surface area (Å²) in [6, 6.07) is 15.6. The van der Waals surface area contributed by atoms with E-state index in [1.54, 1.807) is 7.11 Å². The van der Waals surface area contributed by atoms with Crippen LogP contribution in [0.1, 0.15) is 49.4 Å². The highest BCUT2D eigenvalue weighted by Gasteiger charge is 2.07. The van der Waals surface area contributed by atoms with E-state index in [1.165, 1.54) is 12.8 Å². The minimum atomic E-state index is -0.283. The first kappa shape index (κ1) is 21.0. The second kappa shape index (κ2) is 12.1. The average Bonchev–Trinajstić information content (AvgIpc) is 2.71. The van der Waals surface area contributed by atoms with Gasteiger partial charge in [0.25, 0.3) is 0 Å². The fourth-order valence-corrected chi connectivity index (χ4v) is 2.68. The van der Waals surface area contributed by atoms with E-state index in [0.29, 0.717) is 18.8 Å². The lowest BCUT2D eigenvalue weighted by Gasteiger charge is -2.08. The molecule has 0 aromatic heterocycles. The Labute approximate surface area is 162 Å². The first-order valence-corrected chi connectivity index (χ1v) is 9.74. The molecule has 0 aliphatic carbocycles. The summed E-state index contributed by atoms with van der Waals surface area (Å²) < 4.78 is 16.0. The summed E-state index contributed by atoms with van der Waals surface area (Å²) in [7, 11) is 1.67. The zero-order valence-electron chi connectivity index (χ0n) is 16.4. The van der Waals surface area contributed by atoms with Crippen LogP contribution in [-0.4, -0.2) is 32.9 Å². The number of unbranched alkanes of at least 4 members (excludes halogenated alkanes) is 3. The number of carbonyl (C=O) groups excluding carboxylic acids is 1. The quantitative estimate of drug-likeness (QED) is 0.365.